The monoisotopic (exact) mass is 144 g/mol. The highest BCUT2D eigenvalue weighted by atomic mass is 32.1. The third-order valence-electron chi connectivity index (χ3n) is 1.03. The van der Waals surface area contributed by atoms with Crippen LogP contribution in [-0.2, 0) is 0 Å². The van der Waals surface area contributed by atoms with Crippen LogP contribution < -0.4 is 4.74 Å². The van der Waals surface area contributed by atoms with Crippen LogP contribution in [0, 0.1) is 6.92 Å². The molecule has 0 aliphatic rings. The predicted octanol–water partition coefficient (Wildman–Crippen LogP) is 1.85. The van der Waals surface area contributed by atoms with E-state index in [1.54, 1.807) is 12.3 Å². The fourth-order valence-electron chi connectivity index (χ4n) is 0.593. The maximum Gasteiger partial charge on any atom is 0.161 e. The van der Waals surface area contributed by atoms with Gasteiger partial charge in [-0.1, -0.05) is 0 Å². The SMILES string of the molecule is Cc1occc1OCS. The van der Waals surface area contributed by atoms with Crippen molar-refractivity contribution in [3.8, 4) is 5.75 Å². The first-order chi connectivity index (χ1) is 4.34. The van der Waals surface area contributed by atoms with Gasteiger partial charge in [-0.25, -0.2) is 0 Å². The molecule has 0 radical (unpaired) electrons. The molecule has 1 aromatic heterocycles. The quantitative estimate of drug-likeness (QED) is 0.505. The molecule has 3 heteroatoms. The molecule has 0 N–H and O–H groups in total. The number of thiol groups is 1. The molecule has 0 atom stereocenters. The summed E-state index contributed by atoms with van der Waals surface area (Å²) in [7, 11) is 0. The van der Waals surface area contributed by atoms with Crippen molar-refractivity contribution in [2.24, 2.45) is 0 Å². The molecule has 1 heterocycles. The van der Waals surface area contributed by atoms with Crippen LogP contribution in [0.2, 0.25) is 0 Å². The summed E-state index contributed by atoms with van der Waals surface area (Å²) in [5.74, 6) is 1.95. The molecule has 0 unspecified atom stereocenters. The first kappa shape index (κ1) is 6.55. The van der Waals surface area contributed by atoms with Gasteiger partial charge in [0, 0.05) is 6.07 Å². The van der Waals surface area contributed by atoms with Crippen molar-refractivity contribution in [3.05, 3.63) is 18.1 Å². The van der Waals surface area contributed by atoms with Gasteiger partial charge in [0.2, 0.25) is 0 Å². The number of furan rings is 1. The molecular formula is C6H8O2S. The van der Waals surface area contributed by atoms with E-state index in [2.05, 4.69) is 12.6 Å². The Kier molecular flexibility index (Phi) is 2.05. The van der Waals surface area contributed by atoms with Crippen LogP contribution in [0.15, 0.2) is 16.7 Å². The van der Waals surface area contributed by atoms with Crippen molar-refractivity contribution >= 4 is 12.6 Å². The molecule has 0 saturated heterocycles. The van der Waals surface area contributed by atoms with Gasteiger partial charge < -0.3 is 9.15 Å². The van der Waals surface area contributed by atoms with Crippen LogP contribution in [0.4, 0.5) is 0 Å². The van der Waals surface area contributed by atoms with E-state index in [-0.39, 0.29) is 0 Å². The Morgan fingerprint density at radius 1 is 1.78 bits per heavy atom. The summed E-state index contributed by atoms with van der Waals surface area (Å²) in [5, 5.41) is 0. The minimum atomic E-state index is 0.389. The molecule has 2 nitrogen and oxygen atoms in total. The highest BCUT2D eigenvalue weighted by molar-refractivity contribution is 7.80. The molecule has 1 rings (SSSR count). The Hall–Kier alpha value is -0.570. The lowest BCUT2D eigenvalue weighted by Gasteiger charge is -1.96. The fraction of sp³-hybridized carbons (Fsp3) is 0.333. The lowest BCUT2D eigenvalue weighted by atomic mass is 10.5. The molecule has 1 aromatic rings. The van der Waals surface area contributed by atoms with Crippen LogP contribution in [0.3, 0.4) is 0 Å². The van der Waals surface area contributed by atoms with Crippen LogP contribution in [-0.4, -0.2) is 5.94 Å². The van der Waals surface area contributed by atoms with Gasteiger partial charge in [0.05, 0.1) is 6.26 Å². The third kappa shape index (κ3) is 1.42. The molecule has 0 saturated carbocycles. The van der Waals surface area contributed by atoms with E-state index in [1.807, 2.05) is 6.92 Å². The van der Waals surface area contributed by atoms with E-state index in [0.717, 1.165) is 11.5 Å². The Balaban J connectivity index is 2.69. The highest BCUT2D eigenvalue weighted by Gasteiger charge is 1.98. The van der Waals surface area contributed by atoms with Crippen molar-refractivity contribution in [1.29, 1.82) is 0 Å². The second kappa shape index (κ2) is 2.82. The average Bonchev–Trinajstić information content (AvgIpc) is 2.18. The first-order valence-electron chi connectivity index (χ1n) is 2.62. The smallest absolute Gasteiger partial charge is 0.161 e. The standard InChI is InChI=1S/C6H8O2S/c1-5-6(8-4-9)2-3-7-5/h2-3,9H,4H2,1H3. The summed E-state index contributed by atoms with van der Waals surface area (Å²) in [6, 6.07) is 1.77. The highest BCUT2D eigenvalue weighted by Crippen LogP contribution is 2.17. The first-order valence-corrected chi connectivity index (χ1v) is 3.25. The Morgan fingerprint density at radius 2 is 2.56 bits per heavy atom. The molecule has 50 valence electrons. The van der Waals surface area contributed by atoms with Gasteiger partial charge in [0.25, 0.3) is 0 Å². The molecule has 0 aromatic carbocycles. The van der Waals surface area contributed by atoms with Crippen molar-refractivity contribution in [2.75, 3.05) is 5.94 Å². The van der Waals surface area contributed by atoms with Crippen molar-refractivity contribution in [2.45, 2.75) is 6.92 Å². The zero-order valence-corrected chi connectivity index (χ0v) is 6.02. The largest absolute Gasteiger partial charge is 0.480 e. The van der Waals surface area contributed by atoms with Gasteiger partial charge in [0.1, 0.15) is 11.7 Å². The Morgan fingerprint density at radius 3 is 3.00 bits per heavy atom. The fourth-order valence-corrected chi connectivity index (χ4v) is 0.732. The number of rotatable bonds is 2. The van der Waals surface area contributed by atoms with Crippen LogP contribution in [0.5, 0.6) is 5.75 Å². The van der Waals surface area contributed by atoms with Crippen LogP contribution in [0.25, 0.3) is 0 Å². The van der Waals surface area contributed by atoms with Crippen LogP contribution >= 0.6 is 12.6 Å². The number of ether oxygens (including phenoxy) is 1. The van der Waals surface area contributed by atoms with Crippen molar-refractivity contribution < 1.29 is 9.15 Å². The zero-order valence-electron chi connectivity index (χ0n) is 5.13. The van der Waals surface area contributed by atoms with Gasteiger partial charge >= 0.3 is 0 Å². The van der Waals surface area contributed by atoms with Crippen molar-refractivity contribution in [1.82, 2.24) is 0 Å². The predicted molar refractivity (Wildman–Crippen MR) is 37.9 cm³/mol. The summed E-state index contributed by atoms with van der Waals surface area (Å²) in [6.07, 6.45) is 1.59. The maximum atomic E-state index is 5.05. The molecular weight excluding hydrogens is 136 g/mol. The number of aryl methyl sites for hydroxylation is 1. The molecule has 0 bridgehead atoms. The Labute approximate surface area is 59.2 Å². The minimum Gasteiger partial charge on any atom is -0.480 e. The van der Waals surface area contributed by atoms with E-state index >= 15 is 0 Å². The van der Waals surface area contributed by atoms with Gasteiger partial charge in [-0.2, -0.15) is 0 Å². The minimum absolute atomic E-state index is 0.389. The zero-order chi connectivity index (χ0) is 6.69. The molecule has 0 amide bonds. The second-order valence-corrected chi connectivity index (χ2v) is 1.87. The van der Waals surface area contributed by atoms with E-state index in [4.69, 9.17) is 9.15 Å². The number of hydrogen-bond acceptors (Lipinski definition) is 3. The van der Waals surface area contributed by atoms with Gasteiger partial charge in [-0.05, 0) is 6.92 Å². The summed E-state index contributed by atoms with van der Waals surface area (Å²) < 4.78 is 10.0. The van der Waals surface area contributed by atoms with Gasteiger partial charge in [-0.3, -0.25) is 0 Å². The van der Waals surface area contributed by atoms with E-state index < -0.39 is 0 Å². The Bertz CT molecular complexity index is 183. The normalized spacial score (nSPS) is 9.56. The lowest BCUT2D eigenvalue weighted by molar-refractivity contribution is 0.380. The molecule has 0 aliphatic carbocycles. The molecule has 0 aliphatic heterocycles. The summed E-state index contributed by atoms with van der Waals surface area (Å²) in [5.41, 5.74) is 0. The molecule has 0 fully saturated rings. The van der Waals surface area contributed by atoms with E-state index in [1.165, 1.54) is 0 Å². The van der Waals surface area contributed by atoms with Crippen LogP contribution in [0.1, 0.15) is 5.76 Å². The summed E-state index contributed by atoms with van der Waals surface area (Å²) in [6.45, 7) is 1.85. The maximum absolute atomic E-state index is 5.05. The molecule has 0 spiro atoms. The summed E-state index contributed by atoms with van der Waals surface area (Å²) >= 11 is 3.89. The lowest BCUT2D eigenvalue weighted by Crippen LogP contribution is -1.87. The van der Waals surface area contributed by atoms with Gasteiger partial charge in [-0.15, -0.1) is 12.6 Å². The van der Waals surface area contributed by atoms with E-state index in [9.17, 15) is 0 Å². The molecule has 9 heavy (non-hydrogen) atoms. The third-order valence-corrected chi connectivity index (χ3v) is 1.16. The van der Waals surface area contributed by atoms with Gasteiger partial charge in [0.15, 0.2) is 5.75 Å². The number of hydrogen-bond donors (Lipinski definition) is 1. The van der Waals surface area contributed by atoms with Crippen molar-refractivity contribution in [3.63, 3.8) is 0 Å². The summed E-state index contributed by atoms with van der Waals surface area (Å²) in [4.78, 5) is 0. The topological polar surface area (TPSA) is 22.4 Å². The second-order valence-electron chi connectivity index (χ2n) is 1.61. The van der Waals surface area contributed by atoms with E-state index in [0.29, 0.717) is 5.94 Å². The average molecular weight is 144 g/mol.